The van der Waals surface area contributed by atoms with Crippen molar-refractivity contribution in [2.24, 2.45) is 0 Å². The summed E-state index contributed by atoms with van der Waals surface area (Å²) in [6.07, 6.45) is 1.26. The normalized spacial score (nSPS) is 11.3. The zero-order valence-electron chi connectivity index (χ0n) is 11.7. The fourth-order valence-corrected chi connectivity index (χ4v) is 2.82. The van der Waals surface area contributed by atoms with Crippen molar-refractivity contribution >= 4 is 16.0 Å². The molecule has 1 aromatic carbocycles. The van der Waals surface area contributed by atoms with Gasteiger partial charge in [0.15, 0.2) is 0 Å². The van der Waals surface area contributed by atoms with Crippen molar-refractivity contribution in [3.05, 3.63) is 53.3 Å². The van der Waals surface area contributed by atoms with Crippen molar-refractivity contribution < 1.29 is 17.9 Å². The molecular weight excluding hydrogens is 292 g/mol. The van der Waals surface area contributed by atoms with Gasteiger partial charge in [-0.05, 0) is 24.1 Å². The average molecular weight is 308 g/mol. The van der Waals surface area contributed by atoms with Crippen LogP contribution in [0, 0.1) is 6.92 Å². The van der Waals surface area contributed by atoms with E-state index < -0.39 is 16.0 Å². The standard InChI is InChI=1S/C14H16N2O4S/c1-10-5-3-4-6-11(10)8-16-21(18,19)12-7-13(15-9-12)14(17)20-2/h3-7,9,15-16H,8H2,1-2H3. The van der Waals surface area contributed by atoms with Crippen molar-refractivity contribution in [1.82, 2.24) is 9.71 Å². The van der Waals surface area contributed by atoms with E-state index in [2.05, 4.69) is 14.4 Å². The van der Waals surface area contributed by atoms with Gasteiger partial charge in [0.2, 0.25) is 10.0 Å². The highest BCUT2D eigenvalue weighted by Gasteiger charge is 2.18. The number of aryl methyl sites for hydroxylation is 1. The number of aromatic nitrogens is 1. The van der Waals surface area contributed by atoms with Gasteiger partial charge in [0.1, 0.15) is 10.6 Å². The Bertz CT molecular complexity index is 750. The summed E-state index contributed by atoms with van der Waals surface area (Å²) in [6, 6.07) is 8.75. The van der Waals surface area contributed by atoms with E-state index in [0.717, 1.165) is 11.1 Å². The van der Waals surface area contributed by atoms with Gasteiger partial charge in [-0.1, -0.05) is 24.3 Å². The number of esters is 1. The minimum Gasteiger partial charge on any atom is -0.464 e. The third-order valence-corrected chi connectivity index (χ3v) is 4.47. The predicted octanol–water partition coefficient (Wildman–Crippen LogP) is 1.59. The molecule has 0 aliphatic rings. The lowest BCUT2D eigenvalue weighted by Crippen LogP contribution is -2.23. The molecule has 21 heavy (non-hydrogen) atoms. The quantitative estimate of drug-likeness (QED) is 0.821. The van der Waals surface area contributed by atoms with E-state index >= 15 is 0 Å². The molecule has 0 saturated heterocycles. The van der Waals surface area contributed by atoms with E-state index in [4.69, 9.17) is 0 Å². The molecule has 6 nitrogen and oxygen atoms in total. The maximum atomic E-state index is 12.2. The number of nitrogens with one attached hydrogen (secondary N) is 2. The Morgan fingerprint density at radius 1 is 1.33 bits per heavy atom. The van der Waals surface area contributed by atoms with Gasteiger partial charge in [-0.3, -0.25) is 0 Å². The van der Waals surface area contributed by atoms with Crippen LogP contribution < -0.4 is 4.72 Å². The van der Waals surface area contributed by atoms with Crippen molar-refractivity contribution in [3.63, 3.8) is 0 Å². The Hall–Kier alpha value is -2.12. The molecule has 112 valence electrons. The maximum absolute atomic E-state index is 12.2. The summed E-state index contributed by atoms with van der Waals surface area (Å²) in [4.78, 5) is 13.9. The second-order valence-electron chi connectivity index (χ2n) is 4.49. The van der Waals surface area contributed by atoms with E-state index in [9.17, 15) is 13.2 Å². The summed E-state index contributed by atoms with van der Waals surface area (Å²) in [7, 11) is -2.46. The molecule has 0 radical (unpaired) electrons. The molecular formula is C14H16N2O4S. The van der Waals surface area contributed by atoms with Crippen LogP contribution in [0.1, 0.15) is 21.6 Å². The second kappa shape index (κ2) is 6.11. The summed E-state index contributed by atoms with van der Waals surface area (Å²) in [5.74, 6) is -0.615. The summed E-state index contributed by atoms with van der Waals surface area (Å²) >= 11 is 0. The number of ether oxygens (including phenoxy) is 1. The summed E-state index contributed by atoms with van der Waals surface area (Å²) in [5, 5.41) is 0. The number of hydrogen-bond acceptors (Lipinski definition) is 4. The fraction of sp³-hybridized carbons (Fsp3) is 0.214. The lowest BCUT2D eigenvalue weighted by atomic mass is 10.1. The predicted molar refractivity (Wildman–Crippen MR) is 77.3 cm³/mol. The van der Waals surface area contributed by atoms with Crippen LogP contribution in [0.4, 0.5) is 0 Å². The van der Waals surface area contributed by atoms with Crippen molar-refractivity contribution in [2.45, 2.75) is 18.4 Å². The van der Waals surface area contributed by atoms with Crippen LogP contribution in [-0.2, 0) is 21.3 Å². The average Bonchev–Trinajstić information content (AvgIpc) is 2.96. The highest BCUT2D eigenvalue weighted by atomic mass is 32.2. The third-order valence-electron chi connectivity index (χ3n) is 3.09. The van der Waals surface area contributed by atoms with Crippen LogP contribution in [0.5, 0.6) is 0 Å². The van der Waals surface area contributed by atoms with Gasteiger partial charge in [-0.15, -0.1) is 0 Å². The Labute approximate surface area is 123 Å². The monoisotopic (exact) mass is 308 g/mol. The largest absolute Gasteiger partial charge is 0.464 e. The fourth-order valence-electron chi connectivity index (χ4n) is 1.82. The van der Waals surface area contributed by atoms with E-state index in [1.807, 2.05) is 31.2 Å². The summed E-state index contributed by atoms with van der Waals surface area (Å²) < 4.78 is 31.3. The Morgan fingerprint density at radius 3 is 2.71 bits per heavy atom. The molecule has 0 aliphatic carbocycles. The molecule has 0 aliphatic heterocycles. The molecule has 0 spiro atoms. The number of carbonyl (C=O) groups is 1. The maximum Gasteiger partial charge on any atom is 0.354 e. The van der Waals surface area contributed by atoms with Gasteiger partial charge in [-0.25, -0.2) is 17.9 Å². The number of methoxy groups -OCH3 is 1. The number of hydrogen-bond donors (Lipinski definition) is 2. The zero-order valence-corrected chi connectivity index (χ0v) is 12.5. The van der Waals surface area contributed by atoms with Gasteiger partial charge in [0, 0.05) is 12.7 Å². The van der Waals surface area contributed by atoms with Gasteiger partial charge >= 0.3 is 5.97 Å². The van der Waals surface area contributed by atoms with Gasteiger partial charge in [0.05, 0.1) is 7.11 Å². The molecule has 1 aromatic heterocycles. The van der Waals surface area contributed by atoms with Crippen LogP contribution in [-0.4, -0.2) is 26.5 Å². The Morgan fingerprint density at radius 2 is 2.05 bits per heavy atom. The highest BCUT2D eigenvalue weighted by Crippen LogP contribution is 2.13. The van der Waals surface area contributed by atoms with Crippen molar-refractivity contribution in [3.8, 4) is 0 Å². The van der Waals surface area contributed by atoms with Crippen LogP contribution in [0.15, 0.2) is 41.4 Å². The topological polar surface area (TPSA) is 88.3 Å². The second-order valence-corrected chi connectivity index (χ2v) is 6.26. The van der Waals surface area contributed by atoms with Gasteiger partial charge in [0.25, 0.3) is 0 Å². The zero-order chi connectivity index (χ0) is 15.5. The number of carbonyl (C=O) groups excluding carboxylic acids is 1. The molecule has 2 aromatic rings. The van der Waals surface area contributed by atoms with Crippen molar-refractivity contribution in [2.75, 3.05) is 7.11 Å². The highest BCUT2D eigenvalue weighted by molar-refractivity contribution is 7.89. The minimum atomic E-state index is -3.69. The first-order chi connectivity index (χ1) is 9.94. The van der Waals surface area contributed by atoms with E-state index in [1.165, 1.54) is 19.4 Å². The molecule has 0 atom stereocenters. The first kappa shape index (κ1) is 15.3. The number of benzene rings is 1. The molecule has 7 heteroatoms. The first-order valence-electron chi connectivity index (χ1n) is 6.25. The molecule has 2 rings (SSSR count). The Balaban J connectivity index is 2.14. The summed E-state index contributed by atoms with van der Waals surface area (Å²) in [6.45, 7) is 2.10. The molecule has 0 unspecified atom stereocenters. The lowest BCUT2D eigenvalue weighted by molar-refractivity contribution is 0.0595. The van der Waals surface area contributed by atoms with Crippen LogP contribution in [0.3, 0.4) is 0 Å². The van der Waals surface area contributed by atoms with Crippen LogP contribution >= 0.6 is 0 Å². The van der Waals surface area contributed by atoms with Crippen LogP contribution in [0.25, 0.3) is 0 Å². The van der Waals surface area contributed by atoms with Crippen molar-refractivity contribution in [1.29, 1.82) is 0 Å². The summed E-state index contributed by atoms with van der Waals surface area (Å²) in [5.41, 5.74) is 1.99. The molecule has 2 N–H and O–H groups in total. The molecule has 0 saturated carbocycles. The number of aromatic amines is 1. The number of rotatable bonds is 5. The smallest absolute Gasteiger partial charge is 0.354 e. The molecule has 1 heterocycles. The van der Waals surface area contributed by atoms with E-state index in [-0.39, 0.29) is 17.1 Å². The van der Waals surface area contributed by atoms with E-state index in [0.29, 0.717) is 0 Å². The van der Waals surface area contributed by atoms with E-state index in [1.54, 1.807) is 0 Å². The van der Waals surface area contributed by atoms with Crippen LogP contribution in [0.2, 0.25) is 0 Å². The first-order valence-corrected chi connectivity index (χ1v) is 7.73. The van der Waals surface area contributed by atoms with Gasteiger partial charge in [-0.2, -0.15) is 0 Å². The Kier molecular flexibility index (Phi) is 4.44. The van der Waals surface area contributed by atoms with Gasteiger partial charge < -0.3 is 9.72 Å². The SMILES string of the molecule is COC(=O)c1cc(S(=O)(=O)NCc2ccccc2C)c[nH]1. The third kappa shape index (κ3) is 3.50. The molecule has 0 fully saturated rings. The molecule has 0 amide bonds. The lowest BCUT2D eigenvalue weighted by Gasteiger charge is -2.07. The number of H-pyrrole nitrogens is 1. The minimum absolute atomic E-state index is 0.00326. The number of sulfonamides is 1. The molecule has 0 bridgehead atoms.